The molecule has 0 spiro atoms. The van der Waals surface area contributed by atoms with Crippen LogP contribution in [0.15, 0.2) is 98.1 Å². The lowest BCUT2D eigenvalue weighted by atomic mass is 9.96. The number of hydrogen-bond acceptors (Lipinski definition) is 6. The van der Waals surface area contributed by atoms with Gasteiger partial charge in [0.15, 0.2) is 0 Å². The molecule has 0 aliphatic carbocycles. The lowest BCUT2D eigenvalue weighted by molar-refractivity contribution is -0.139. The Balaban J connectivity index is 1.75. The zero-order chi connectivity index (χ0) is 25.3. The highest BCUT2D eigenvalue weighted by atomic mass is 16.6. The number of carbonyl (C=O) groups is 2. The Morgan fingerprint density at radius 3 is 1.42 bits per heavy atom. The van der Waals surface area contributed by atoms with Crippen molar-refractivity contribution in [2.45, 2.75) is 0 Å². The van der Waals surface area contributed by atoms with Gasteiger partial charge in [0.05, 0.1) is 0 Å². The van der Waals surface area contributed by atoms with E-state index >= 15 is 0 Å². The Labute approximate surface area is 209 Å². The smallest absolute Gasteiger partial charge is 0.330 e. The van der Waals surface area contributed by atoms with Crippen molar-refractivity contribution < 1.29 is 28.5 Å². The van der Waals surface area contributed by atoms with E-state index < -0.39 is 11.9 Å². The molecule has 4 aromatic carbocycles. The summed E-state index contributed by atoms with van der Waals surface area (Å²) in [5, 5.41) is 3.87. The quantitative estimate of drug-likeness (QED) is 0.151. The largest absolute Gasteiger partial charge is 0.489 e. The van der Waals surface area contributed by atoms with E-state index in [1.54, 1.807) is 0 Å². The Bertz CT molecular complexity index is 1310. The van der Waals surface area contributed by atoms with Crippen LogP contribution in [0.2, 0.25) is 0 Å². The predicted molar refractivity (Wildman–Crippen MR) is 140 cm³/mol. The van der Waals surface area contributed by atoms with Crippen LogP contribution in [0.1, 0.15) is 0 Å². The Morgan fingerprint density at radius 2 is 1.00 bits per heavy atom. The van der Waals surface area contributed by atoms with Crippen molar-refractivity contribution in [3.8, 4) is 22.6 Å². The van der Waals surface area contributed by atoms with Gasteiger partial charge in [-0.25, -0.2) is 9.59 Å². The van der Waals surface area contributed by atoms with E-state index in [1.165, 1.54) is 0 Å². The summed E-state index contributed by atoms with van der Waals surface area (Å²) >= 11 is 0. The van der Waals surface area contributed by atoms with Crippen molar-refractivity contribution >= 4 is 33.5 Å². The van der Waals surface area contributed by atoms with E-state index in [0.29, 0.717) is 11.5 Å². The van der Waals surface area contributed by atoms with Gasteiger partial charge in [0.25, 0.3) is 0 Å². The van der Waals surface area contributed by atoms with E-state index in [4.69, 9.17) is 18.9 Å². The maximum atomic E-state index is 11.4. The Hall–Kier alpha value is -4.58. The van der Waals surface area contributed by atoms with Gasteiger partial charge >= 0.3 is 11.9 Å². The first-order valence-corrected chi connectivity index (χ1v) is 11.5. The molecule has 4 aromatic rings. The molecule has 0 atom stereocenters. The second-order valence-electron chi connectivity index (χ2n) is 7.77. The Kier molecular flexibility index (Phi) is 7.98. The second-order valence-corrected chi connectivity index (χ2v) is 7.77. The third-order valence-corrected chi connectivity index (χ3v) is 5.53. The van der Waals surface area contributed by atoms with Crippen LogP contribution >= 0.6 is 0 Å². The number of benzene rings is 4. The van der Waals surface area contributed by atoms with Gasteiger partial charge in [-0.05, 0) is 22.9 Å². The number of esters is 2. The van der Waals surface area contributed by atoms with Crippen molar-refractivity contribution in [1.82, 2.24) is 0 Å². The van der Waals surface area contributed by atoms with Gasteiger partial charge in [-0.3, -0.25) is 0 Å². The number of hydrogen-bond donors (Lipinski definition) is 0. The van der Waals surface area contributed by atoms with Gasteiger partial charge < -0.3 is 18.9 Å². The zero-order valence-electron chi connectivity index (χ0n) is 19.8. The predicted octanol–water partition coefficient (Wildman–Crippen LogP) is 5.88. The molecule has 36 heavy (non-hydrogen) atoms. The highest BCUT2D eigenvalue weighted by Crippen LogP contribution is 2.43. The summed E-state index contributed by atoms with van der Waals surface area (Å²) in [5.41, 5.74) is 1.65. The van der Waals surface area contributed by atoms with Crippen LogP contribution in [0.3, 0.4) is 0 Å². The summed E-state index contributed by atoms with van der Waals surface area (Å²) in [6.07, 6.45) is 2.24. The first-order valence-electron chi connectivity index (χ1n) is 11.5. The van der Waals surface area contributed by atoms with Gasteiger partial charge in [0.1, 0.15) is 37.9 Å². The second kappa shape index (κ2) is 11.7. The molecule has 0 radical (unpaired) electrons. The third kappa shape index (κ3) is 5.55. The van der Waals surface area contributed by atoms with Crippen LogP contribution in [0.4, 0.5) is 0 Å². The molecule has 0 bridgehead atoms. The fourth-order valence-corrected chi connectivity index (χ4v) is 3.91. The van der Waals surface area contributed by atoms with Gasteiger partial charge in [0, 0.05) is 34.1 Å². The van der Waals surface area contributed by atoms with Crippen LogP contribution in [0, 0.1) is 0 Å². The first-order chi connectivity index (χ1) is 17.6. The summed E-state index contributed by atoms with van der Waals surface area (Å²) in [6, 6.07) is 23.8. The van der Waals surface area contributed by atoms with E-state index in [2.05, 4.69) is 13.2 Å². The van der Waals surface area contributed by atoms with Crippen LogP contribution in [0.25, 0.3) is 32.7 Å². The van der Waals surface area contributed by atoms with Gasteiger partial charge in [0.2, 0.25) is 0 Å². The molecule has 0 amide bonds. The van der Waals surface area contributed by atoms with Crippen LogP contribution in [0.5, 0.6) is 11.5 Å². The molecule has 4 rings (SSSR count). The average Bonchev–Trinajstić information content (AvgIpc) is 2.92. The molecule has 0 aliphatic rings. The van der Waals surface area contributed by atoms with Crippen LogP contribution in [-0.2, 0) is 19.1 Å². The molecular formula is C30H26O6. The third-order valence-electron chi connectivity index (χ3n) is 5.53. The SMILES string of the molecule is C=CC(=O)OCCOc1c(-c2ccc3ccccc3c2OCCOC(=O)C=C)ccc2ccccc12. The molecule has 6 heteroatoms. The molecule has 0 N–H and O–H groups in total. The molecule has 0 heterocycles. The highest BCUT2D eigenvalue weighted by Gasteiger charge is 2.18. The number of rotatable bonds is 11. The number of fused-ring (bicyclic) bond motifs is 2. The molecule has 0 aliphatic heterocycles. The number of carbonyl (C=O) groups excluding carboxylic acids is 2. The minimum absolute atomic E-state index is 0.0866. The molecule has 0 fully saturated rings. The lowest BCUT2D eigenvalue weighted by Crippen LogP contribution is -2.12. The average molecular weight is 483 g/mol. The summed E-state index contributed by atoms with van der Waals surface area (Å²) in [4.78, 5) is 22.9. The monoisotopic (exact) mass is 482 g/mol. The maximum Gasteiger partial charge on any atom is 0.330 e. The molecule has 0 aromatic heterocycles. The van der Waals surface area contributed by atoms with E-state index in [0.717, 1.165) is 44.8 Å². The van der Waals surface area contributed by atoms with Gasteiger partial charge in [-0.15, -0.1) is 0 Å². The minimum Gasteiger partial charge on any atom is -0.489 e. The van der Waals surface area contributed by atoms with Crippen molar-refractivity contribution in [2.75, 3.05) is 26.4 Å². The molecule has 0 saturated heterocycles. The van der Waals surface area contributed by atoms with Gasteiger partial charge in [-0.2, -0.15) is 0 Å². The maximum absolute atomic E-state index is 11.4. The lowest BCUT2D eigenvalue weighted by Gasteiger charge is -2.19. The highest BCUT2D eigenvalue weighted by molar-refractivity contribution is 6.00. The molecule has 182 valence electrons. The summed E-state index contributed by atoms with van der Waals surface area (Å²) in [7, 11) is 0. The van der Waals surface area contributed by atoms with Crippen molar-refractivity contribution in [2.24, 2.45) is 0 Å². The van der Waals surface area contributed by atoms with E-state index in [-0.39, 0.29) is 26.4 Å². The zero-order valence-corrected chi connectivity index (χ0v) is 19.8. The fourth-order valence-electron chi connectivity index (χ4n) is 3.91. The fraction of sp³-hybridized carbons (Fsp3) is 0.133. The topological polar surface area (TPSA) is 71.1 Å². The molecule has 6 nitrogen and oxygen atoms in total. The molecule has 0 unspecified atom stereocenters. The van der Waals surface area contributed by atoms with Crippen LogP contribution < -0.4 is 9.47 Å². The Morgan fingerprint density at radius 1 is 0.583 bits per heavy atom. The number of ether oxygens (including phenoxy) is 4. The first kappa shape index (κ1) is 24.5. The standard InChI is InChI=1S/C30H26O6/c1-3-27(31)33-17-19-35-29-23-11-7-5-9-21(23)13-15-25(29)26-16-14-22-10-6-8-12-24(22)30(26)36-20-18-34-28(32)4-2/h3-16H,1-2,17-20H2. The normalized spacial score (nSPS) is 10.6. The van der Waals surface area contributed by atoms with E-state index in [1.807, 2.05) is 72.8 Å². The van der Waals surface area contributed by atoms with Crippen molar-refractivity contribution in [1.29, 1.82) is 0 Å². The van der Waals surface area contributed by atoms with Gasteiger partial charge in [-0.1, -0.05) is 73.8 Å². The van der Waals surface area contributed by atoms with Crippen molar-refractivity contribution in [3.05, 3.63) is 98.1 Å². The molecular weight excluding hydrogens is 456 g/mol. The summed E-state index contributed by atoms with van der Waals surface area (Å²) < 4.78 is 22.6. The summed E-state index contributed by atoms with van der Waals surface area (Å²) in [5.74, 6) is 0.306. The summed E-state index contributed by atoms with van der Waals surface area (Å²) in [6.45, 7) is 7.33. The van der Waals surface area contributed by atoms with Crippen LogP contribution in [-0.4, -0.2) is 38.4 Å². The van der Waals surface area contributed by atoms with E-state index in [9.17, 15) is 9.59 Å². The minimum atomic E-state index is -0.501. The van der Waals surface area contributed by atoms with Crippen molar-refractivity contribution in [3.63, 3.8) is 0 Å². The molecule has 0 saturated carbocycles.